The zero-order valence-corrected chi connectivity index (χ0v) is 11.0. The Balaban J connectivity index is 1.98. The van der Waals surface area contributed by atoms with Gasteiger partial charge in [0.1, 0.15) is 0 Å². The molecule has 0 radical (unpaired) electrons. The van der Waals surface area contributed by atoms with Gasteiger partial charge in [0.25, 0.3) is 0 Å². The van der Waals surface area contributed by atoms with Gasteiger partial charge in [0.15, 0.2) is 0 Å². The lowest BCUT2D eigenvalue weighted by molar-refractivity contribution is 0.243. The largest absolute Gasteiger partial charge is 0.327 e. The van der Waals surface area contributed by atoms with E-state index < -0.39 is 0 Å². The third kappa shape index (κ3) is 3.29. The summed E-state index contributed by atoms with van der Waals surface area (Å²) >= 11 is 0. The lowest BCUT2D eigenvalue weighted by Crippen LogP contribution is -2.36. The maximum Gasteiger partial charge on any atom is 0.0407 e. The molecule has 1 aromatic heterocycles. The first-order valence-electron chi connectivity index (χ1n) is 6.88. The van der Waals surface area contributed by atoms with Gasteiger partial charge in [-0.3, -0.25) is 4.98 Å². The smallest absolute Gasteiger partial charge is 0.0407 e. The number of aryl methyl sites for hydroxylation is 1. The summed E-state index contributed by atoms with van der Waals surface area (Å²) in [6.45, 7) is 4.50. The Bertz CT molecular complexity index is 344. The van der Waals surface area contributed by atoms with E-state index in [1.165, 1.54) is 30.5 Å². The maximum atomic E-state index is 6.22. The highest BCUT2D eigenvalue weighted by Gasteiger charge is 2.26. The minimum Gasteiger partial charge on any atom is -0.327 e. The number of hydrogen-bond donors (Lipinski definition) is 1. The van der Waals surface area contributed by atoms with Crippen LogP contribution in [0, 0.1) is 11.8 Å². The number of nitrogens with two attached hydrogens (primary N) is 1. The van der Waals surface area contributed by atoms with Crippen molar-refractivity contribution in [1.29, 1.82) is 0 Å². The van der Waals surface area contributed by atoms with Crippen molar-refractivity contribution in [2.24, 2.45) is 17.6 Å². The lowest BCUT2D eigenvalue weighted by Gasteiger charge is -2.32. The van der Waals surface area contributed by atoms with E-state index in [0.717, 1.165) is 18.8 Å². The quantitative estimate of drug-likeness (QED) is 0.870. The van der Waals surface area contributed by atoms with Crippen LogP contribution in [0.2, 0.25) is 0 Å². The van der Waals surface area contributed by atoms with Gasteiger partial charge in [0.05, 0.1) is 0 Å². The van der Waals surface area contributed by atoms with Gasteiger partial charge in [0, 0.05) is 17.9 Å². The van der Waals surface area contributed by atoms with Gasteiger partial charge >= 0.3 is 0 Å². The van der Waals surface area contributed by atoms with Crippen LogP contribution in [0.1, 0.15) is 44.4 Å². The van der Waals surface area contributed by atoms with Gasteiger partial charge in [-0.1, -0.05) is 19.9 Å². The first-order chi connectivity index (χ1) is 8.19. The van der Waals surface area contributed by atoms with Gasteiger partial charge in [-0.05, 0) is 55.6 Å². The Morgan fingerprint density at radius 1 is 1.35 bits per heavy atom. The van der Waals surface area contributed by atoms with E-state index in [0.29, 0.717) is 12.0 Å². The van der Waals surface area contributed by atoms with Crippen LogP contribution in [0.25, 0.3) is 0 Å². The van der Waals surface area contributed by atoms with Gasteiger partial charge in [-0.25, -0.2) is 0 Å². The van der Waals surface area contributed by atoms with E-state index in [2.05, 4.69) is 31.0 Å². The third-order valence-electron chi connectivity index (χ3n) is 4.07. The molecule has 1 aromatic rings. The molecular formula is C15H24N2. The molecule has 94 valence electrons. The van der Waals surface area contributed by atoms with Crippen LogP contribution < -0.4 is 5.73 Å². The van der Waals surface area contributed by atoms with E-state index in [9.17, 15) is 0 Å². The normalized spacial score (nSPS) is 29.2. The van der Waals surface area contributed by atoms with Crippen molar-refractivity contribution >= 4 is 0 Å². The summed E-state index contributed by atoms with van der Waals surface area (Å²) in [5.41, 5.74) is 8.74. The average molecular weight is 232 g/mol. The van der Waals surface area contributed by atoms with Gasteiger partial charge < -0.3 is 5.73 Å². The van der Waals surface area contributed by atoms with E-state index in [1.54, 1.807) is 0 Å². The molecule has 0 bridgehead atoms. The Hall–Kier alpha value is -0.890. The second-order valence-electron chi connectivity index (χ2n) is 5.56. The predicted octanol–water partition coefficient (Wildman–Crippen LogP) is 2.95. The molecule has 3 unspecified atom stereocenters. The zero-order valence-electron chi connectivity index (χ0n) is 11.0. The number of nitrogens with zero attached hydrogens (tertiary/aromatic N) is 1. The highest BCUT2D eigenvalue weighted by molar-refractivity contribution is 5.14. The van der Waals surface area contributed by atoms with Crippen LogP contribution in [-0.2, 0) is 12.8 Å². The van der Waals surface area contributed by atoms with Crippen LogP contribution in [0.3, 0.4) is 0 Å². The third-order valence-corrected chi connectivity index (χ3v) is 4.07. The van der Waals surface area contributed by atoms with Crippen molar-refractivity contribution in [3.8, 4) is 0 Å². The van der Waals surface area contributed by atoms with E-state index in [1.807, 2.05) is 6.20 Å². The number of hydrogen-bond acceptors (Lipinski definition) is 2. The highest BCUT2D eigenvalue weighted by atomic mass is 14.7. The highest BCUT2D eigenvalue weighted by Crippen LogP contribution is 2.29. The van der Waals surface area contributed by atoms with Crippen LogP contribution in [0.15, 0.2) is 18.3 Å². The molecule has 1 fully saturated rings. The topological polar surface area (TPSA) is 38.9 Å². The summed E-state index contributed by atoms with van der Waals surface area (Å²) in [7, 11) is 0. The van der Waals surface area contributed by atoms with Crippen LogP contribution >= 0.6 is 0 Å². The predicted molar refractivity (Wildman–Crippen MR) is 71.8 cm³/mol. The van der Waals surface area contributed by atoms with E-state index in [-0.39, 0.29) is 0 Å². The Morgan fingerprint density at radius 2 is 2.18 bits per heavy atom. The minimum absolute atomic E-state index is 0.374. The molecule has 17 heavy (non-hydrogen) atoms. The first-order valence-corrected chi connectivity index (χ1v) is 6.88. The molecule has 1 aliphatic rings. The zero-order chi connectivity index (χ0) is 12.3. The molecule has 2 nitrogen and oxygen atoms in total. The van der Waals surface area contributed by atoms with Crippen molar-refractivity contribution in [2.75, 3.05) is 0 Å². The van der Waals surface area contributed by atoms with Crippen LogP contribution in [0.5, 0.6) is 0 Å². The Kier molecular flexibility index (Phi) is 4.16. The number of aromatic nitrogens is 1. The molecule has 1 heterocycles. The summed E-state index contributed by atoms with van der Waals surface area (Å²) in [6.07, 6.45) is 7.85. The van der Waals surface area contributed by atoms with Gasteiger partial charge in [-0.2, -0.15) is 0 Å². The minimum atomic E-state index is 0.374. The van der Waals surface area contributed by atoms with Crippen molar-refractivity contribution in [3.05, 3.63) is 29.6 Å². The maximum absolute atomic E-state index is 6.22. The fourth-order valence-corrected chi connectivity index (χ4v) is 2.81. The molecule has 0 saturated heterocycles. The summed E-state index contributed by atoms with van der Waals surface area (Å²) in [5.74, 6) is 1.45. The molecule has 2 heteroatoms. The second kappa shape index (κ2) is 5.63. The molecule has 2 rings (SSSR count). The second-order valence-corrected chi connectivity index (χ2v) is 5.56. The number of rotatable bonds is 3. The first kappa shape index (κ1) is 12.6. The lowest BCUT2D eigenvalue weighted by atomic mass is 9.77. The van der Waals surface area contributed by atoms with E-state index >= 15 is 0 Å². The monoisotopic (exact) mass is 232 g/mol. The van der Waals surface area contributed by atoms with Crippen LogP contribution in [-0.4, -0.2) is 11.0 Å². The summed E-state index contributed by atoms with van der Waals surface area (Å²) in [6, 6.07) is 4.74. The molecule has 0 spiro atoms. The molecule has 1 saturated carbocycles. The molecule has 1 aliphatic carbocycles. The van der Waals surface area contributed by atoms with Gasteiger partial charge in [0.2, 0.25) is 0 Å². The average Bonchev–Trinajstić information content (AvgIpc) is 2.35. The fourth-order valence-electron chi connectivity index (χ4n) is 2.81. The van der Waals surface area contributed by atoms with Crippen molar-refractivity contribution in [2.45, 2.75) is 52.0 Å². The summed E-state index contributed by atoms with van der Waals surface area (Å²) in [4.78, 5) is 4.55. The van der Waals surface area contributed by atoms with E-state index in [4.69, 9.17) is 5.73 Å². The number of pyridine rings is 1. The molecule has 2 N–H and O–H groups in total. The summed E-state index contributed by atoms with van der Waals surface area (Å²) in [5, 5.41) is 0. The fraction of sp³-hybridized carbons (Fsp3) is 0.667. The molecule has 0 aliphatic heterocycles. The van der Waals surface area contributed by atoms with Crippen molar-refractivity contribution in [3.63, 3.8) is 0 Å². The summed E-state index contributed by atoms with van der Waals surface area (Å²) < 4.78 is 0. The Labute approximate surface area is 105 Å². The SMILES string of the molecule is CCc1ccc(CC2CC(C)CCC2N)nc1. The molecule has 3 atom stereocenters. The van der Waals surface area contributed by atoms with Gasteiger partial charge in [-0.15, -0.1) is 0 Å². The Morgan fingerprint density at radius 3 is 2.82 bits per heavy atom. The molecule has 0 aromatic carbocycles. The molecular weight excluding hydrogens is 208 g/mol. The molecule has 0 amide bonds. The van der Waals surface area contributed by atoms with Crippen LogP contribution in [0.4, 0.5) is 0 Å². The van der Waals surface area contributed by atoms with Crippen molar-refractivity contribution < 1.29 is 0 Å². The standard InChI is InChI=1S/C15H24N2/c1-3-12-5-6-14(17-10-12)9-13-8-11(2)4-7-15(13)16/h5-6,10-11,13,15H,3-4,7-9,16H2,1-2H3. The van der Waals surface area contributed by atoms with Crippen molar-refractivity contribution in [1.82, 2.24) is 4.98 Å².